The third kappa shape index (κ3) is 2.13. The lowest BCUT2D eigenvalue weighted by molar-refractivity contribution is -0.119. The Hall–Kier alpha value is -0.890. The van der Waals surface area contributed by atoms with Crippen LogP contribution < -0.4 is 0 Å². The number of Topliss-reactive ketones (excluding diaryl/α,β-unsaturated/α-hetero) is 1. The molecule has 1 aliphatic carbocycles. The summed E-state index contributed by atoms with van der Waals surface area (Å²) in [6.07, 6.45) is 2.13. The van der Waals surface area contributed by atoms with Crippen molar-refractivity contribution in [2.45, 2.75) is 19.3 Å². The summed E-state index contributed by atoms with van der Waals surface area (Å²) >= 11 is 5.60. The fraction of sp³-hybridized carbons (Fsp3) is 0.364. The lowest BCUT2D eigenvalue weighted by Crippen LogP contribution is -2.06. The number of carbonyl (C=O) groups excluding carboxylic acids is 1. The highest BCUT2D eigenvalue weighted by atomic mass is 35.5. The summed E-state index contributed by atoms with van der Waals surface area (Å²) in [5, 5.41) is 0.366. The lowest BCUT2D eigenvalue weighted by atomic mass is 10.1. The first-order chi connectivity index (χ1) is 6.66. The van der Waals surface area contributed by atoms with Crippen molar-refractivity contribution in [1.82, 2.24) is 0 Å². The van der Waals surface area contributed by atoms with Gasteiger partial charge in [-0.1, -0.05) is 17.7 Å². The molecule has 14 heavy (non-hydrogen) atoms. The molecule has 1 saturated carbocycles. The molecule has 3 heteroatoms. The van der Waals surface area contributed by atoms with Gasteiger partial charge in [-0.25, -0.2) is 4.39 Å². The fourth-order valence-electron chi connectivity index (χ4n) is 1.40. The molecule has 0 N–H and O–H groups in total. The van der Waals surface area contributed by atoms with E-state index < -0.39 is 0 Å². The maximum absolute atomic E-state index is 13.3. The van der Waals surface area contributed by atoms with E-state index in [1.165, 1.54) is 6.07 Å². The maximum atomic E-state index is 13.3. The Morgan fingerprint density at radius 3 is 2.79 bits per heavy atom. The Labute approximate surface area is 86.9 Å². The summed E-state index contributed by atoms with van der Waals surface area (Å²) < 4.78 is 13.3. The van der Waals surface area contributed by atoms with Gasteiger partial charge in [0.2, 0.25) is 0 Å². The minimum Gasteiger partial charge on any atom is -0.299 e. The second-order valence-corrected chi connectivity index (χ2v) is 4.09. The van der Waals surface area contributed by atoms with Crippen molar-refractivity contribution in [1.29, 1.82) is 0 Å². The van der Waals surface area contributed by atoms with E-state index in [0.717, 1.165) is 12.8 Å². The summed E-state index contributed by atoms with van der Waals surface area (Å²) in [5.74, 6) is -0.0530. The number of rotatable bonds is 3. The molecule has 1 fully saturated rings. The van der Waals surface area contributed by atoms with Crippen molar-refractivity contribution < 1.29 is 9.18 Å². The van der Waals surface area contributed by atoms with Gasteiger partial charge >= 0.3 is 0 Å². The molecule has 0 bridgehead atoms. The second-order valence-electron chi connectivity index (χ2n) is 3.65. The average molecular weight is 213 g/mol. The highest BCUT2D eigenvalue weighted by Crippen LogP contribution is 2.31. The SMILES string of the molecule is O=C(Cc1ccc(Cl)cc1F)C1CC1. The fourth-order valence-corrected chi connectivity index (χ4v) is 1.56. The first kappa shape index (κ1) is 9.66. The van der Waals surface area contributed by atoms with E-state index in [9.17, 15) is 9.18 Å². The molecule has 1 aromatic rings. The Kier molecular flexibility index (Phi) is 2.55. The van der Waals surface area contributed by atoms with Gasteiger partial charge in [-0.3, -0.25) is 4.79 Å². The smallest absolute Gasteiger partial charge is 0.140 e. The predicted octanol–water partition coefficient (Wildman–Crippen LogP) is 3.00. The number of halogens is 2. The highest BCUT2D eigenvalue weighted by molar-refractivity contribution is 6.30. The van der Waals surface area contributed by atoms with Crippen LogP contribution in [0.5, 0.6) is 0 Å². The first-order valence-corrected chi connectivity index (χ1v) is 5.01. The van der Waals surface area contributed by atoms with Crippen LogP contribution in [0.3, 0.4) is 0 Å². The molecule has 0 radical (unpaired) electrons. The van der Waals surface area contributed by atoms with Crippen molar-refractivity contribution >= 4 is 17.4 Å². The van der Waals surface area contributed by atoms with E-state index in [1.54, 1.807) is 12.1 Å². The van der Waals surface area contributed by atoms with Crippen molar-refractivity contribution in [2.24, 2.45) is 5.92 Å². The third-order valence-electron chi connectivity index (χ3n) is 2.41. The van der Waals surface area contributed by atoms with Gasteiger partial charge in [0.05, 0.1) is 0 Å². The molecule has 0 unspecified atom stereocenters. The molecule has 0 aliphatic heterocycles. The van der Waals surface area contributed by atoms with Crippen molar-refractivity contribution in [3.63, 3.8) is 0 Å². The average Bonchev–Trinajstić information content (AvgIpc) is 2.92. The molecular weight excluding hydrogens is 203 g/mol. The summed E-state index contributed by atoms with van der Waals surface area (Å²) in [5.41, 5.74) is 0.450. The molecule has 1 aromatic carbocycles. The van der Waals surface area contributed by atoms with Crippen LogP contribution in [0, 0.1) is 11.7 Å². The molecule has 2 rings (SSSR count). The van der Waals surface area contributed by atoms with Gasteiger partial charge in [-0.2, -0.15) is 0 Å². The van der Waals surface area contributed by atoms with Crippen LogP contribution in [0.25, 0.3) is 0 Å². The standard InChI is InChI=1S/C11H10ClFO/c12-9-4-3-8(10(13)6-9)5-11(14)7-1-2-7/h3-4,6-7H,1-2,5H2. The van der Waals surface area contributed by atoms with E-state index in [0.29, 0.717) is 10.6 Å². The maximum Gasteiger partial charge on any atom is 0.140 e. The summed E-state index contributed by atoms with van der Waals surface area (Å²) in [6, 6.07) is 4.44. The number of hydrogen-bond donors (Lipinski definition) is 0. The summed E-state index contributed by atoms with van der Waals surface area (Å²) in [7, 11) is 0. The third-order valence-corrected chi connectivity index (χ3v) is 2.65. The minimum atomic E-state index is -0.383. The van der Waals surface area contributed by atoms with Crippen LogP contribution in [-0.4, -0.2) is 5.78 Å². The zero-order valence-electron chi connectivity index (χ0n) is 7.59. The molecule has 0 amide bonds. The first-order valence-electron chi connectivity index (χ1n) is 4.63. The Morgan fingerprint density at radius 1 is 1.50 bits per heavy atom. The monoisotopic (exact) mass is 212 g/mol. The highest BCUT2D eigenvalue weighted by Gasteiger charge is 2.29. The number of hydrogen-bond acceptors (Lipinski definition) is 1. The lowest BCUT2D eigenvalue weighted by Gasteiger charge is -2.01. The van der Waals surface area contributed by atoms with E-state index >= 15 is 0 Å². The largest absolute Gasteiger partial charge is 0.299 e. The second kappa shape index (κ2) is 3.70. The van der Waals surface area contributed by atoms with Crippen LogP contribution in [0.4, 0.5) is 4.39 Å². The quantitative estimate of drug-likeness (QED) is 0.753. The molecule has 1 aliphatic rings. The van der Waals surface area contributed by atoms with Gasteiger partial charge in [0.25, 0.3) is 0 Å². The Balaban J connectivity index is 2.11. The van der Waals surface area contributed by atoms with Crippen LogP contribution in [-0.2, 0) is 11.2 Å². The molecular formula is C11H10ClFO. The van der Waals surface area contributed by atoms with Gasteiger partial charge in [0.15, 0.2) is 0 Å². The number of ketones is 1. The van der Waals surface area contributed by atoms with Gasteiger partial charge < -0.3 is 0 Å². The topological polar surface area (TPSA) is 17.1 Å². The zero-order valence-corrected chi connectivity index (χ0v) is 8.35. The molecule has 1 nitrogen and oxygen atoms in total. The van der Waals surface area contributed by atoms with Gasteiger partial charge in [0.1, 0.15) is 11.6 Å². The van der Waals surface area contributed by atoms with Crippen molar-refractivity contribution in [2.75, 3.05) is 0 Å². The predicted molar refractivity (Wildman–Crippen MR) is 52.8 cm³/mol. The van der Waals surface area contributed by atoms with Crippen LogP contribution in [0.2, 0.25) is 5.02 Å². The number of carbonyl (C=O) groups is 1. The van der Waals surface area contributed by atoms with Crippen molar-refractivity contribution in [3.8, 4) is 0 Å². The van der Waals surface area contributed by atoms with Gasteiger partial charge in [0, 0.05) is 17.4 Å². The van der Waals surface area contributed by atoms with Crippen molar-refractivity contribution in [3.05, 3.63) is 34.6 Å². The summed E-state index contributed by atoms with van der Waals surface area (Å²) in [4.78, 5) is 11.4. The molecule has 0 aromatic heterocycles. The Bertz CT molecular complexity index is 372. The van der Waals surface area contributed by atoms with E-state index in [2.05, 4.69) is 0 Å². The summed E-state index contributed by atoms with van der Waals surface area (Å²) in [6.45, 7) is 0. The Morgan fingerprint density at radius 2 is 2.21 bits per heavy atom. The molecule has 0 heterocycles. The minimum absolute atomic E-state index is 0.145. The van der Waals surface area contributed by atoms with Crippen LogP contribution in [0.15, 0.2) is 18.2 Å². The van der Waals surface area contributed by atoms with E-state index in [-0.39, 0.29) is 23.9 Å². The zero-order chi connectivity index (χ0) is 10.1. The van der Waals surface area contributed by atoms with Crippen LogP contribution >= 0.6 is 11.6 Å². The van der Waals surface area contributed by atoms with Crippen LogP contribution in [0.1, 0.15) is 18.4 Å². The van der Waals surface area contributed by atoms with E-state index in [1.807, 2.05) is 0 Å². The van der Waals surface area contributed by atoms with Gasteiger partial charge in [-0.05, 0) is 30.5 Å². The normalized spacial score (nSPS) is 15.6. The number of benzene rings is 1. The molecule has 0 atom stereocenters. The van der Waals surface area contributed by atoms with E-state index in [4.69, 9.17) is 11.6 Å². The molecule has 0 saturated heterocycles. The van der Waals surface area contributed by atoms with Gasteiger partial charge in [-0.15, -0.1) is 0 Å². The molecule has 74 valence electrons. The molecule has 0 spiro atoms.